The van der Waals surface area contributed by atoms with Crippen LogP contribution in [0.15, 0.2) is 28.9 Å². The third-order valence-electron chi connectivity index (χ3n) is 6.39. The summed E-state index contributed by atoms with van der Waals surface area (Å²) in [6, 6.07) is 6.09. The summed E-state index contributed by atoms with van der Waals surface area (Å²) in [6.45, 7) is 3.38. The molecule has 1 atom stereocenters. The van der Waals surface area contributed by atoms with Crippen LogP contribution in [0.5, 0.6) is 0 Å². The molecule has 0 radical (unpaired) electrons. The molecule has 0 unspecified atom stereocenters. The number of fused-ring (bicyclic) bond motifs is 2. The highest BCUT2D eigenvalue weighted by Crippen LogP contribution is 2.39. The highest BCUT2D eigenvalue weighted by Gasteiger charge is 2.28. The second kappa shape index (κ2) is 9.08. The van der Waals surface area contributed by atoms with Gasteiger partial charge >= 0.3 is 0 Å². The molecule has 1 aliphatic heterocycles. The third kappa shape index (κ3) is 4.19. The van der Waals surface area contributed by atoms with E-state index in [1.165, 1.54) is 21.8 Å². The van der Waals surface area contributed by atoms with Crippen LogP contribution < -0.4 is 10.6 Å². The lowest BCUT2D eigenvalue weighted by molar-refractivity contribution is -0.115. The molecule has 6 nitrogen and oxygen atoms in total. The number of amides is 2. The topological polar surface area (TPSA) is 80.6 Å². The summed E-state index contributed by atoms with van der Waals surface area (Å²) < 4.78 is 11.3. The number of hydrogen-bond donors (Lipinski definition) is 2. The number of hydrogen-bond acceptors (Lipinski definition) is 5. The Bertz CT molecular complexity index is 1160. The second-order valence-corrected chi connectivity index (χ2v) is 9.68. The molecule has 5 rings (SSSR count). The number of furan rings is 1. The molecule has 3 aromatic rings. The first-order valence-electron chi connectivity index (χ1n) is 11.5. The first-order valence-corrected chi connectivity index (χ1v) is 12.3. The van der Waals surface area contributed by atoms with Gasteiger partial charge in [0.05, 0.1) is 24.4 Å². The van der Waals surface area contributed by atoms with Crippen molar-refractivity contribution in [2.45, 2.75) is 58.0 Å². The Balaban J connectivity index is 1.32. The van der Waals surface area contributed by atoms with E-state index in [-0.39, 0.29) is 24.3 Å². The maximum absolute atomic E-state index is 13.1. The SMILES string of the molecule is CCc1ccc2occ(CC(=O)Nc3sc4c(c3C(=O)NC[C@H]3CCCO3)CCC4)c2c1. The summed E-state index contributed by atoms with van der Waals surface area (Å²) in [6.07, 6.45) is 7.81. The summed E-state index contributed by atoms with van der Waals surface area (Å²) in [7, 11) is 0. The molecule has 1 aromatic carbocycles. The van der Waals surface area contributed by atoms with E-state index >= 15 is 0 Å². The lowest BCUT2D eigenvalue weighted by Crippen LogP contribution is -2.32. The number of rotatable bonds is 7. The number of anilines is 1. The van der Waals surface area contributed by atoms with Crippen LogP contribution >= 0.6 is 11.3 Å². The Hall–Kier alpha value is -2.64. The van der Waals surface area contributed by atoms with Gasteiger partial charge in [-0.15, -0.1) is 11.3 Å². The third-order valence-corrected chi connectivity index (χ3v) is 7.60. The van der Waals surface area contributed by atoms with Crippen LogP contribution in [0, 0.1) is 0 Å². The minimum Gasteiger partial charge on any atom is -0.464 e. The fraction of sp³-hybridized carbons (Fsp3) is 0.440. The van der Waals surface area contributed by atoms with Crippen molar-refractivity contribution in [1.29, 1.82) is 0 Å². The van der Waals surface area contributed by atoms with Crippen molar-refractivity contribution >= 4 is 39.1 Å². The fourth-order valence-electron chi connectivity index (χ4n) is 4.66. The summed E-state index contributed by atoms with van der Waals surface area (Å²) >= 11 is 1.54. The van der Waals surface area contributed by atoms with Gasteiger partial charge < -0.3 is 19.8 Å². The fourth-order valence-corrected chi connectivity index (χ4v) is 5.97. The molecule has 0 saturated carbocycles. The van der Waals surface area contributed by atoms with E-state index in [4.69, 9.17) is 9.15 Å². The van der Waals surface area contributed by atoms with Crippen LogP contribution in [0.2, 0.25) is 0 Å². The zero-order valence-electron chi connectivity index (χ0n) is 18.3. The van der Waals surface area contributed by atoms with Gasteiger partial charge in [-0.25, -0.2) is 0 Å². The molecule has 1 fully saturated rings. The summed E-state index contributed by atoms with van der Waals surface area (Å²) in [5.74, 6) is -0.251. The number of carbonyl (C=O) groups excluding carboxylic acids is 2. The maximum atomic E-state index is 13.1. The maximum Gasteiger partial charge on any atom is 0.254 e. The predicted molar refractivity (Wildman–Crippen MR) is 126 cm³/mol. The molecule has 32 heavy (non-hydrogen) atoms. The molecular formula is C25H28N2O4S. The van der Waals surface area contributed by atoms with Crippen molar-refractivity contribution in [3.63, 3.8) is 0 Å². The Kier molecular flexibility index (Phi) is 6.02. The van der Waals surface area contributed by atoms with Gasteiger partial charge in [0.1, 0.15) is 10.6 Å². The quantitative estimate of drug-likeness (QED) is 0.547. The number of benzene rings is 1. The van der Waals surface area contributed by atoms with Crippen molar-refractivity contribution in [1.82, 2.24) is 5.32 Å². The van der Waals surface area contributed by atoms with Crippen molar-refractivity contribution < 1.29 is 18.7 Å². The number of ether oxygens (including phenoxy) is 1. The Labute approximate surface area is 191 Å². The summed E-state index contributed by atoms with van der Waals surface area (Å²) in [5, 5.41) is 7.69. The largest absolute Gasteiger partial charge is 0.464 e. The standard InChI is InChI=1S/C25H28N2O4S/c1-2-15-8-9-20-19(11-15)16(14-31-20)12-22(28)27-25-23(18-6-3-7-21(18)32-25)24(29)26-13-17-5-4-10-30-17/h8-9,11,14,17H,2-7,10,12-13H2,1H3,(H,26,29)(H,27,28)/t17-/m1/s1. The van der Waals surface area contributed by atoms with Crippen LogP contribution in [0.3, 0.4) is 0 Å². The number of nitrogens with one attached hydrogen (secondary N) is 2. The number of thiophene rings is 1. The van der Waals surface area contributed by atoms with Gasteiger partial charge in [0, 0.05) is 29.0 Å². The zero-order chi connectivity index (χ0) is 22.1. The normalized spacial score (nSPS) is 17.6. The van der Waals surface area contributed by atoms with Crippen LogP contribution in [0.1, 0.15) is 58.1 Å². The highest BCUT2D eigenvalue weighted by atomic mass is 32.1. The smallest absolute Gasteiger partial charge is 0.254 e. The molecule has 2 N–H and O–H groups in total. The van der Waals surface area contributed by atoms with Gasteiger partial charge in [0.2, 0.25) is 5.91 Å². The van der Waals surface area contributed by atoms with E-state index in [1.54, 1.807) is 6.26 Å². The van der Waals surface area contributed by atoms with Crippen molar-refractivity contribution in [2.24, 2.45) is 0 Å². The van der Waals surface area contributed by atoms with Crippen molar-refractivity contribution in [2.75, 3.05) is 18.5 Å². The summed E-state index contributed by atoms with van der Waals surface area (Å²) in [5.41, 5.74) is 4.59. The molecule has 7 heteroatoms. The molecule has 2 amide bonds. The van der Waals surface area contributed by atoms with Gasteiger partial charge in [-0.1, -0.05) is 13.0 Å². The molecule has 0 bridgehead atoms. The molecule has 0 spiro atoms. The van der Waals surface area contributed by atoms with E-state index in [1.807, 2.05) is 12.1 Å². The number of aryl methyl sites for hydroxylation is 2. The van der Waals surface area contributed by atoms with Crippen molar-refractivity contribution in [3.8, 4) is 0 Å². The van der Waals surface area contributed by atoms with E-state index < -0.39 is 0 Å². The lowest BCUT2D eigenvalue weighted by Gasteiger charge is -2.12. The zero-order valence-corrected chi connectivity index (χ0v) is 19.1. The molecule has 3 heterocycles. The predicted octanol–water partition coefficient (Wildman–Crippen LogP) is 4.64. The molecule has 2 aromatic heterocycles. The Morgan fingerprint density at radius 3 is 2.94 bits per heavy atom. The molecular weight excluding hydrogens is 424 g/mol. The van der Waals surface area contributed by atoms with E-state index in [9.17, 15) is 9.59 Å². The van der Waals surface area contributed by atoms with Gasteiger partial charge in [-0.3, -0.25) is 9.59 Å². The van der Waals surface area contributed by atoms with Gasteiger partial charge in [-0.2, -0.15) is 0 Å². The molecule has 2 aliphatic rings. The molecule has 1 aliphatic carbocycles. The van der Waals surface area contributed by atoms with Crippen LogP contribution in [0.25, 0.3) is 11.0 Å². The molecule has 168 valence electrons. The van der Waals surface area contributed by atoms with E-state index in [2.05, 4.69) is 23.6 Å². The van der Waals surface area contributed by atoms with Gasteiger partial charge in [0.25, 0.3) is 5.91 Å². The first-order chi connectivity index (χ1) is 15.6. The lowest BCUT2D eigenvalue weighted by atomic mass is 10.1. The minimum absolute atomic E-state index is 0.0889. The Morgan fingerprint density at radius 2 is 2.12 bits per heavy atom. The van der Waals surface area contributed by atoms with Crippen LogP contribution in [0.4, 0.5) is 5.00 Å². The highest BCUT2D eigenvalue weighted by molar-refractivity contribution is 7.17. The van der Waals surface area contributed by atoms with Crippen LogP contribution in [-0.2, 0) is 35.2 Å². The van der Waals surface area contributed by atoms with Gasteiger partial charge in [0.15, 0.2) is 0 Å². The van der Waals surface area contributed by atoms with Crippen LogP contribution in [-0.4, -0.2) is 31.1 Å². The average Bonchev–Trinajstić information content (AvgIpc) is 3.57. The minimum atomic E-state index is -0.136. The van der Waals surface area contributed by atoms with E-state index in [0.717, 1.165) is 67.2 Å². The van der Waals surface area contributed by atoms with Crippen molar-refractivity contribution in [3.05, 3.63) is 51.6 Å². The average molecular weight is 453 g/mol. The van der Waals surface area contributed by atoms with E-state index in [0.29, 0.717) is 17.1 Å². The summed E-state index contributed by atoms with van der Waals surface area (Å²) in [4.78, 5) is 27.2. The monoisotopic (exact) mass is 452 g/mol. The molecule has 1 saturated heterocycles. The van der Waals surface area contributed by atoms with Gasteiger partial charge in [-0.05, 0) is 61.8 Å². The Morgan fingerprint density at radius 1 is 1.22 bits per heavy atom. The second-order valence-electron chi connectivity index (χ2n) is 8.58. The number of carbonyl (C=O) groups is 2. The first kappa shape index (κ1) is 21.2.